The van der Waals surface area contributed by atoms with Gasteiger partial charge in [-0.2, -0.15) is 0 Å². The summed E-state index contributed by atoms with van der Waals surface area (Å²) >= 11 is 0. The van der Waals surface area contributed by atoms with Crippen LogP contribution in [-0.2, 0) is 0 Å². The maximum absolute atomic E-state index is 10.2. The zero-order valence-corrected chi connectivity index (χ0v) is 12.5. The van der Waals surface area contributed by atoms with Gasteiger partial charge in [0.15, 0.2) is 0 Å². The lowest BCUT2D eigenvalue weighted by molar-refractivity contribution is 0.101. The quantitative estimate of drug-likeness (QED) is 0.896. The van der Waals surface area contributed by atoms with Crippen molar-refractivity contribution in [1.29, 1.82) is 0 Å². The van der Waals surface area contributed by atoms with E-state index in [0.29, 0.717) is 5.41 Å². The third-order valence-electron chi connectivity index (χ3n) is 4.39. The molecule has 1 aliphatic heterocycles. The molecule has 106 valence electrons. The summed E-state index contributed by atoms with van der Waals surface area (Å²) in [4.78, 5) is 2.49. The summed E-state index contributed by atoms with van der Waals surface area (Å²) in [5.74, 6) is 0. The molecule has 0 bridgehead atoms. The minimum atomic E-state index is -0.324. The first-order valence-corrected chi connectivity index (χ1v) is 7.43. The number of hydrogen-bond acceptors (Lipinski definition) is 2. The Morgan fingerprint density at radius 1 is 1.16 bits per heavy atom. The molecule has 1 aromatic rings. The Morgan fingerprint density at radius 2 is 1.74 bits per heavy atom. The number of hydrogen-bond donors (Lipinski definition) is 1. The Morgan fingerprint density at radius 3 is 2.32 bits per heavy atom. The van der Waals surface area contributed by atoms with Crippen LogP contribution in [-0.4, -0.2) is 29.6 Å². The number of aliphatic hydroxyl groups excluding tert-OH is 1. The largest absolute Gasteiger partial charge is 0.388 e. The maximum atomic E-state index is 10.2. The van der Waals surface area contributed by atoms with Gasteiger partial charge in [-0.25, -0.2) is 0 Å². The number of aryl methyl sites for hydroxylation is 1. The van der Waals surface area contributed by atoms with Gasteiger partial charge < -0.3 is 10.0 Å². The smallest absolute Gasteiger partial charge is 0.0802 e. The summed E-state index contributed by atoms with van der Waals surface area (Å²) < 4.78 is 0. The van der Waals surface area contributed by atoms with Crippen molar-refractivity contribution in [2.24, 2.45) is 5.41 Å². The van der Waals surface area contributed by atoms with Gasteiger partial charge in [0.2, 0.25) is 0 Å². The van der Waals surface area contributed by atoms with E-state index in [1.807, 2.05) is 12.1 Å². The Bertz CT molecular complexity index is 386. The predicted molar refractivity (Wildman–Crippen MR) is 80.2 cm³/mol. The molecule has 1 N–H and O–H groups in total. The van der Waals surface area contributed by atoms with Crippen molar-refractivity contribution in [3.63, 3.8) is 0 Å². The van der Waals surface area contributed by atoms with E-state index in [-0.39, 0.29) is 6.10 Å². The molecule has 0 saturated carbocycles. The monoisotopic (exact) mass is 261 g/mol. The lowest BCUT2D eigenvalue weighted by atomic mass is 9.82. The Labute approximate surface area is 117 Å². The minimum Gasteiger partial charge on any atom is -0.388 e. The van der Waals surface area contributed by atoms with Crippen molar-refractivity contribution in [3.8, 4) is 0 Å². The van der Waals surface area contributed by atoms with Crippen LogP contribution in [0.4, 0.5) is 0 Å². The van der Waals surface area contributed by atoms with Gasteiger partial charge in [-0.15, -0.1) is 0 Å². The number of aliphatic hydroxyl groups is 1. The summed E-state index contributed by atoms with van der Waals surface area (Å²) in [6.07, 6.45) is 3.06. The molecule has 0 radical (unpaired) electrons. The van der Waals surface area contributed by atoms with Gasteiger partial charge in [0.1, 0.15) is 0 Å². The molecule has 1 atom stereocenters. The van der Waals surface area contributed by atoms with Crippen LogP contribution in [0.2, 0.25) is 0 Å². The minimum absolute atomic E-state index is 0.324. The first-order chi connectivity index (χ1) is 8.96. The van der Waals surface area contributed by atoms with Crippen LogP contribution in [0.5, 0.6) is 0 Å². The van der Waals surface area contributed by atoms with Gasteiger partial charge in [-0.3, -0.25) is 0 Å². The fraction of sp³-hybridized carbons (Fsp3) is 0.647. The molecule has 1 aliphatic rings. The molecule has 2 heteroatoms. The summed E-state index contributed by atoms with van der Waals surface area (Å²) in [5.41, 5.74) is 2.80. The molecule has 19 heavy (non-hydrogen) atoms. The predicted octanol–water partition coefficient (Wildman–Crippen LogP) is 3.54. The highest BCUT2D eigenvalue weighted by atomic mass is 16.3. The summed E-state index contributed by atoms with van der Waals surface area (Å²) in [6, 6.07) is 8.22. The van der Waals surface area contributed by atoms with Crippen molar-refractivity contribution >= 4 is 0 Å². The van der Waals surface area contributed by atoms with E-state index in [0.717, 1.165) is 18.5 Å². The highest BCUT2D eigenvalue weighted by Crippen LogP contribution is 2.30. The highest BCUT2D eigenvalue weighted by Gasteiger charge is 2.25. The normalized spacial score (nSPS) is 21.3. The molecule has 0 aliphatic carbocycles. The van der Waals surface area contributed by atoms with Crippen molar-refractivity contribution in [2.75, 3.05) is 19.6 Å². The SMILES string of the molecule is Cc1ccc(C(O)CCN2CCC(C)(C)CC2)cc1. The highest BCUT2D eigenvalue weighted by molar-refractivity contribution is 5.23. The average molecular weight is 261 g/mol. The van der Waals surface area contributed by atoms with Gasteiger partial charge in [-0.1, -0.05) is 43.7 Å². The van der Waals surface area contributed by atoms with Crippen LogP contribution in [0.15, 0.2) is 24.3 Å². The molecule has 1 unspecified atom stereocenters. The molecule has 2 nitrogen and oxygen atoms in total. The standard InChI is InChI=1S/C17H27NO/c1-14-4-6-15(7-5-14)16(19)8-11-18-12-9-17(2,3)10-13-18/h4-7,16,19H,8-13H2,1-3H3. The molecule has 2 rings (SSSR count). The second-order valence-electron chi connectivity index (χ2n) is 6.72. The van der Waals surface area contributed by atoms with E-state index in [1.165, 1.54) is 31.5 Å². The lowest BCUT2D eigenvalue weighted by Crippen LogP contribution is -2.38. The number of nitrogens with zero attached hydrogens (tertiary/aromatic N) is 1. The van der Waals surface area contributed by atoms with E-state index in [1.54, 1.807) is 0 Å². The third-order valence-corrected chi connectivity index (χ3v) is 4.39. The van der Waals surface area contributed by atoms with Crippen LogP contribution in [0.3, 0.4) is 0 Å². The summed E-state index contributed by atoms with van der Waals surface area (Å²) in [7, 11) is 0. The average Bonchev–Trinajstić information content (AvgIpc) is 2.38. The second-order valence-corrected chi connectivity index (χ2v) is 6.72. The molecular formula is C17H27NO. The summed E-state index contributed by atoms with van der Waals surface area (Å²) in [6.45, 7) is 10.1. The molecule has 0 amide bonds. The first-order valence-electron chi connectivity index (χ1n) is 7.43. The molecule has 1 aromatic carbocycles. The van der Waals surface area contributed by atoms with Crippen LogP contribution in [0.1, 0.15) is 50.3 Å². The zero-order valence-electron chi connectivity index (χ0n) is 12.5. The van der Waals surface area contributed by atoms with E-state index < -0.39 is 0 Å². The zero-order chi connectivity index (χ0) is 13.9. The van der Waals surface area contributed by atoms with E-state index in [2.05, 4.69) is 37.8 Å². The van der Waals surface area contributed by atoms with Gasteiger partial charge in [0.05, 0.1) is 6.10 Å². The molecule has 1 fully saturated rings. The Balaban J connectivity index is 1.78. The maximum Gasteiger partial charge on any atom is 0.0802 e. The van der Waals surface area contributed by atoms with Crippen molar-refractivity contribution < 1.29 is 5.11 Å². The topological polar surface area (TPSA) is 23.5 Å². The first kappa shape index (κ1) is 14.5. The molecule has 0 spiro atoms. The Hall–Kier alpha value is -0.860. The molecular weight excluding hydrogens is 234 g/mol. The van der Waals surface area contributed by atoms with Crippen LogP contribution >= 0.6 is 0 Å². The Kier molecular flexibility index (Phi) is 4.64. The van der Waals surface area contributed by atoms with E-state index in [4.69, 9.17) is 0 Å². The fourth-order valence-corrected chi connectivity index (χ4v) is 2.64. The molecule has 0 aromatic heterocycles. The lowest BCUT2D eigenvalue weighted by Gasteiger charge is -2.37. The second kappa shape index (κ2) is 6.06. The summed E-state index contributed by atoms with van der Waals surface area (Å²) in [5, 5.41) is 10.2. The van der Waals surface area contributed by atoms with E-state index in [9.17, 15) is 5.11 Å². The van der Waals surface area contributed by atoms with Crippen molar-refractivity contribution in [2.45, 2.75) is 46.1 Å². The number of rotatable bonds is 4. The third kappa shape index (κ3) is 4.32. The van der Waals surface area contributed by atoms with Crippen LogP contribution in [0.25, 0.3) is 0 Å². The fourth-order valence-electron chi connectivity index (χ4n) is 2.64. The molecule has 1 heterocycles. The number of piperidine rings is 1. The number of benzene rings is 1. The van der Waals surface area contributed by atoms with Gasteiger partial charge in [0.25, 0.3) is 0 Å². The van der Waals surface area contributed by atoms with Gasteiger partial charge >= 0.3 is 0 Å². The van der Waals surface area contributed by atoms with Crippen molar-refractivity contribution in [3.05, 3.63) is 35.4 Å². The van der Waals surface area contributed by atoms with Crippen LogP contribution < -0.4 is 0 Å². The van der Waals surface area contributed by atoms with E-state index >= 15 is 0 Å². The molecule has 1 saturated heterocycles. The van der Waals surface area contributed by atoms with Crippen molar-refractivity contribution in [1.82, 2.24) is 4.90 Å². The number of likely N-dealkylation sites (tertiary alicyclic amines) is 1. The van der Waals surface area contributed by atoms with Gasteiger partial charge in [0, 0.05) is 6.54 Å². The van der Waals surface area contributed by atoms with Crippen LogP contribution in [0, 0.1) is 12.3 Å². The van der Waals surface area contributed by atoms with Gasteiger partial charge in [-0.05, 0) is 50.3 Å².